The number of sulfonamides is 1. The molecule has 12 heteroatoms. The highest BCUT2D eigenvalue weighted by molar-refractivity contribution is 7.92. The number of carboxylic acid groups (broad SMARTS) is 1. The number of ether oxygens (including phenoxy) is 3. The van der Waals surface area contributed by atoms with Gasteiger partial charge in [0.1, 0.15) is 18.0 Å². The molecule has 37 heavy (non-hydrogen) atoms. The summed E-state index contributed by atoms with van der Waals surface area (Å²) in [6.07, 6.45) is -2.03. The van der Waals surface area contributed by atoms with Gasteiger partial charge in [-0.2, -0.15) is 0 Å². The van der Waals surface area contributed by atoms with Gasteiger partial charge in [0.05, 0.1) is 24.2 Å². The van der Waals surface area contributed by atoms with Crippen LogP contribution in [0.2, 0.25) is 0 Å². The number of aliphatic carboxylic acids is 1. The highest BCUT2D eigenvalue weighted by Gasteiger charge is 2.35. The van der Waals surface area contributed by atoms with E-state index in [9.17, 15) is 22.4 Å². The number of carbonyl (C=O) groups is 2. The van der Waals surface area contributed by atoms with E-state index in [0.717, 1.165) is 22.5 Å². The van der Waals surface area contributed by atoms with Crippen molar-refractivity contribution in [3.63, 3.8) is 0 Å². The maximum absolute atomic E-state index is 14.0. The second-order valence-electron chi connectivity index (χ2n) is 9.73. The Balaban J connectivity index is 1.98. The normalized spacial score (nSPS) is 16.3. The maximum Gasteiger partial charge on any atom is 0.411 e. The number of amides is 1. The molecular formula is C25H31FN2O8S. The van der Waals surface area contributed by atoms with Gasteiger partial charge in [0.2, 0.25) is 0 Å². The average molecular weight is 539 g/mol. The number of nitrogens with zero attached hydrogens (tertiary/aromatic N) is 1. The molecule has 2 atom stereocenters. The number of carbonyl (C=O) groups excluding carboxylic acids is 1. The SMILES string of the molecule is COc1cc(S(=O)(=O)N2C[C@H](CCC(=O)O)Oc3ccc(NC(=O)O[C@H](C)C(C)(C)C)cc32)ccc1F. The van der Waals surface area contributed by atoms with Crippen molar-refractivity contribution in [2.24, 2.45) is 5.41 Å². The number of halogens is 1. The number of fused-ring (bicyclic) bond motifs is 1. The molecule has 0 spiro atoms. The zero-order valence-corrected chi connectivity index (χ0v) is 22.1. The Morgan fingerprint density at radius 2 is 1.95 bits per heavy atom. The number of benzene rings is 2. The van der Waals surface area contributed by atoms with Gasteiger partial charge in [0, 0.05) is 18.2 Å². The van der Waals surface area contributed by atoms with Crippen molar-refractivity contribution in [3.05, 3.63) is 42.2 Å². The lowest BCUT2D eigenvalue weighted by molar-refractivity contribution is -0.137. The number of hydrogen-bond donors (Lipinski definition) is 2. The van der Waals surface area contributed by atoms with Crippen molar-refractivity contribution in [3.8, 4) is 11.5 Å². The lowest BCUT2D eigenvalue weighted by Gasteiger charge is -2.35. The Morgan fingerprint density at radius 1 is 1.24 bits per heavy atom. The van der Waals surface area contributed by atoms with Crippen LogP contribution < -0.4 is 19.1 Å². The van der Waals surface area contributed by atoms with Gasteiger partial charge in [-0.1, -0.05) is 20.8 Å². The van der Waals surface area contributed by atoms with E-state index in [1.165, 1.54) is 25.3 Å². The van der Waals surface area contributed by atoms with Crippen LogP contribution in [0.1, 0.15) is 40.5 Å². The maximum atomic E-state index is 14.0. The van der Waals surface area contributed by atoms with E-state index in [2.05, 4.69) is 5.32 Å². The predicted octanol–water partition coefficient (Wildman–Crippen LogP) is 4.64. The molecule has 0 bridgehead atoms. The number of hydrogen-bond acceptors (Lipinski definition) is 7. The number of methoxy groups -OCH3 is 1. The minimum atomic E-state index is -4.26. The minimum absolute atomic E-state index is 0.0601. The van der Waals surface area contributed by atoms with Crippen LogP contribution >= 0.6 is 0 Å². The van der Waals surface area contributed by atoms with Crippen LogP contribution in [0.15, 0.2) is 41.3 Å². The largest absolute Gasteiger partial charge is 0.494 e. The second kappa shape index (κ2) is 10.8. The summed E-state index contributed by atoms with van der Waals surface area (Å²) in [4.78, 5) is 23.3. The van der Waals surface area contributed by atoms with Gasteiger partial charge in [-0.05, 0) is 49.1 Å². The molecule has 2 aromatic carbocycles. The molecule has 0 saturated carbocycles. The standard InChI is InChI=1S/C25H31FN2O8S/c1-15(25(2,3)4)35-24(31)27-16-6-10-21-20(12-16)28(14-17(36-21)7-11-23(29)30)37(32,33)18-8-9-19(26)22(13-18)34-5/h6,8-10,12-13,15,17H,7,11,14H2,1-5H3,(H,27,31)(H,29,30)/t15-,17+/m1/s1. The lowest BCUT2D eigenvalue weighted by atomic mass is 9.90. The smallest absolute Gasteiger partial charge is 0.411 e. The molecule has 10 nitrogen and oxygen atoms in total. The zero-order valence-electron chi connectivity index (χ0n) is 21.3. The van der Waals surface area contributed by atoms with Gasteiger partial charge < -0.3 is 19.3 Å². The first-order chi connectivity index (χ1) is 17.2. The summed E-state index contributed by atoms with van der Waals surface area (Å²) in [5.41, 5.74) is 0.0958. The minimum Gasteiger partial charge on any atom is -0.494 e. The van der Waals surface area contributed by atoms with Crippen molar-refractivity contribution >= 4 is 33.5 Å². The van der Waals surface area contributed by atoms with Crippen LogP contribution in [0.5, 0.6) is 11.5 Å². The topological polar surface area (TPSA) is 131 Å². The van der Waals surface area contributed by atoms with Crippen LogP contribution in [-0.4, -0.2) is 51.4 Å². The molecule has 2 aromatic rings. The molecule has 1 aliphatic heterocycles. The van der Waals surface area contributed by atoms with Crippen molar-refractivity contribution < 1.29 is 41.7 Å². The molecule has 0 unspecified atom stereocenters. The highest BCUT2D eigenvalue weighted by atomic mass is 32.2. The van der Waals surface area contributed by atoms with E-state index < -0.39 is 40.1 Å². The summed E-state index contributed by atoms with van der Waals surface area (Å²) in [6.45, 7) is 7.35. The first kappa shape index (κ1) is 28.0. The average Bonchev–Trinajstić information content (AvgIpc) is 2.81. The summed E-state index contributed by atoms with van der Waals surface area (Å²) in [6, 6.07) is 7.59. The summed E-state index contributed by atoms with van der Waals surface area (Å²) >= 11 is 0. The summed E-state index contributed by atoms with van der Waals surface area (Å²) in [5, 5.41) is 11.7. The molecule has 0 aliphatic carbocycles. The molecule has 1 aliphatic rings. The van der Waals surface area contributed by atoms with Crippen molar-refractivity contribution in [2.45, 2.75) is 57.6 Å². The molecule has 0 aromatic heterocycles. The van der Waals surface area contributed by atoms with Gasteiger partial charge in [-0.15, -0.1) is 0 Å². The first-order valence-corrected chi connectivity index (χ1v) is 13.0. The van der Waals surface area contributed by atoms with Gasteiger partial charge in [0.15, 0.2) is 11.6 Å². The summed E-state index contributed by atoms with van der Waals surface area (Å²) in [5.74, 6) is -1.84. The molecule has 0 fully saturated rings. The molecule has 0 saturated heterocycles. The van der Waals surface area contributed by atoms with E-state index >= 15 is 0 Å². The first-order valence-electron chi connectivity index (χ1n) is 11.6. The van der Waals surface area contributed by atoms with Crippen LogP contribution in [0.25, 0.3) is 0 Å². The quantitative estimate of drug-likeness (QED) is 0.497. The Bertz CT molecular complexity index is 1280. The Morgan fingerprint density at radius 3 is 2.57 bits per heavy atom. The second-order valence-corrected chi connectivity index (χ2v) is 11.6. The molecule has 1 heterocycles. The summed E-state index contributed by atoms with van der Waals surface area (Å²) < 4.78 is 58.6. The van der Waals surface area contributed by atoms with Crippen molar-refractivity contribution in [1.29, 1.82) is 0 Å². The third-order valence-electron chi connectivity index (χ3n) is 6.03. The van der Waals surface area contributed by atoms with Crippen LogP contribution in [-0.2, 0) is 19.6 Å². The van der Waals surface area contributed by atoms with E-state index in [-0.39, 0.29) is 52.6 Å². The van der Waals surface area contributed by atoms with E-state index in [1.54, 1.807) is 6.92 Å². The Kier molecular flexibility index (Phi) is 8.21. The van der Waals surface area contributed by atoms with Gasteiger partial charge in [0.25, 0.3) is 10.0 Å². The van der Waals surface area contributed by atoms with Crippen molar-refractivity contribution in [2.75, 3.05) is 23.3 Å². The number of carboxylic acids is 1. The third-order valence-corrected chi connectivity index (χ3v) is 7.81. The zero-order chi connectivity index (χ0) is 27.5. The van der Waals surface area contributed by atoms with E-state index in [4.69, 9.17) is 19.3 Å². The molecule has 2 N–H and O–H groups in total. The van der Waals surface area contributed by atoms with Crippen LogP contribution in [0, 0.1) is 11.2 Å². The summed E-state index contributed by atoms with van der Waals surface area (Å²) in [7, 11) is -3.04. The van der Waals surface area contributed by atoms with Crippen LogP contribution in [0.3, 0.4) is 0 Å². The Labute approximate surface area is 215 Å². The van der Waals surface area contributed by atoms with E-state index in [1.807, 2.05) is 20.8 Å². The highest BCUT2D eigenvalue weighted by Crippen LogP contribution is 2.40. The number of anilines is 2. The monoisotopic (exact) mass is 538 g/mol. The Hall–Kier alpha value is -3.54. The fourth-order valence-electron chi connectivity index (χ4n) is 3.46. The van der Waals surface area contributed by atoms with Crippen molar-refractivity contribution in [1.82, 2.24) is 0 Å². The fourth-order valence-corrected chi connectivity index (χ4v) is 4.98. The number of rotatable bonds is 8. The number of nitrogens with one attached hydrogen (secondary N) is 1. The fraction of sp³-hybridized carbons (Fsp3) is 0.440. The molecule has 1 amide bonds. The van der Waals surface area contributed by atoms with Gasteiger partial charge in [-0.25, -0.2) is 17.6 Å². The molecule has 0 radical (unpaired) electrons. The van der Waals surface area contributed by atoms with E-state index in [0.29, 0.717) is 0 Å². The van der Waals surface area contributed by atoms with Gasteiger partial charge in [-0.3, -0.25) is 14.4 Å². The molecular weight excluding hydrogens is 507 g/mol. The molecule has 3 rings (SSSR count). The lowest BCUT2D eigenvalue weighted by Crippen LogP contribution is -2.43. The van der Waals surface area contributed by atoms with Crippen LogP contribution in [0.4, 0.5) is 20.6 Å². The predicted molar refractivity (Wildman–Crippen MR) is 134 cm³/mol. The third kappa shape index (κ3) is 6.62. The molecule has 202 valence electrons. The van der Waals surface area contributed by atoms with Gasteiger partial charge >= 0.3 is 12.1 Å².